The van der Waals surface area contributed by atoms with Crippen LogP contribution in [0.3, 0.4) is 0 Å². The van der Waals surface area contributed by atoms with E-state index in [0.29, 0.717) is 11.1 Å². The first-order valence-corrected chi connectivity index (χ1v) is 14.4. The van der Waals surface area contributed by atoms with Crippen LogP contribution < -0.4 is 38.9 Å². The number of para-hydroxylation sites is 1. The van der Waals surface area contributed by atoms with Crippen molar-refractivity contribution in [1.82, 2.24) is 20.9 Å². The lowest BCUT2D eigenvalue weighted by atomic mass is 10.0. The molecule has 14 N–H and O–H groups in total. The molecular weight excluding hydrogens is 598 g/mol. The number of carbonyl (C=O) groups is 5. The van der Waals surface area contributed by atoms with Gasteiger partial charge in [0.05, 0.1) is 12.5 Å². The first kappa shape index (κ1) is 34.8. The Morgan fingerprint density at radius 1 is 0.826 bits per heavy atom. The number of aliphatic carboxylic acids is 1. The van der Waals surface area contributed by atoms with Crippen LogP contribution in [0.15, 0.2) is 59.7 Å². The van der Waals surface area contributed by atoms with Crippen LogP contribution in [0.4, 0.5) is 0 Å². The number of carboxylic acid groups (broad SMARTS) is 1. The normalized spacial score (nSPS) is 13.5. The minimum absolute atomic E-state index is 0.00287. The standard InChI is InChI=1S/C30H39N9O7/c31-20(14-25(32)41)26(42)38-23(12-16-7-9-18(40)10-8-16)27(43)39-24(13-17-15-36-21-5-2-1-4-19(17)21)28(44)37-22(29(45)46)6-3-11-35-30(33)34/h1-2,4-5,7-10,15,20,22-24,36,40H,3,6,11-14,31H2,(H2,32,41)(H,37,44)(H,38,42)(H,39,43)(H,45,46)(H4,33,34,35). The van der Waals surface area contributed by atoms with Crippen molar-refractivity contribution in [3.63, 3.8) is 0 Å². The summed E-state index contributed by atoms with van der Waals surface area (Å²) in [6.07, 6.45) is 1.35. The molecule has 246 valence electrons. The van der Waals surface area contributed by atoms with Crippen LogP contribution in [0, 0.1) is 0 Å². The summed E-state index contributed by atoms with van der Waals surface area (Å²) in [6, 6.07) is 7.95. The lowest BCUT2D eigenvalue weighted by Gasteiger charge is -2.25. The van der Waals surface area contributed by atoms with Crippen LogP contribution in [0.2, 0.25) is 0 Å². The molecule has 4 unspecified atom stereocenters. The molecule has 0 saturated heterocycles. The number of aliphatic imine (C=N–C) groups is 1. The number of carboxylic acids is 1. The fourth-order valence-electron chi connectivity index (χ4n) is 4.70. The van der Waals surface area contributed by atoms with Gasteiger partial charge in [-0.05, 0) is 42.2 Å². The Hall–Kier alpha value is -5.64. The maximum atomic E-state index is 13.7. The van der Waals surface area contributed by atoms with Crippen molar-refractivity contribution in [3.05, 3.63) is 65.9 Å². The number of hydrogen-bond donors (Lipinski definition) is 10. The minimum Gasteiger partial charge on any atom is -0.508 e. The number of phenols is 1. The van der Waals surface area contributed by atoms with E-state index in [0.717, 1.165) is 10.9 Å². The van der Waals surface area contributed by atoms with Gasteiger partial charge >= 0.3 is 5.97 Å². The number of phenolic OH excluding ortho intramolecular Hbond substituents is 1. The summed E-state index contributed by atoms with van der Waals surface area (Å²) in [4.78, 5) is 70.4. The zero-order valence-corrected chi connectivity index (χ0v) is 24.9. The highest BCUT2D eigenvalue weighted by molar-refractivity contribution is 5.95. The highest BCUT2D eigenvalue weighted by Crippen LogP contribution is 2.20. The van der Waals surface area contributed by atoms with E-state index in [1.54, 1.807) is 18.3 Å². The Bertz CT molecular complexity index is 1570. The van der Waals surface area contributed by atoms with Crippen molar-refractivity contribution in [2.75, 3.05) is 6.54 Å². The van der Waals surface area contributed by atoms with E-state index in [-0.39, 0.29) is 43.9 Å². The zero-order chi connectivity index (χ0) is 33.8. The lowest BCUT2D eigenvalue weighted by molar-refractivity contribution is -0.142. The number of benzene rings is 2. The Labute approximate surface area is 264 Å². The van der Waals surface area contributed by atoms with Crippen LogP contribution in [-0.4, -0.2) is 81.5 Å². The molecule has 16 heteroatoms. The predicted octanol–water partition coefficient (Wildman–Crippen LogP) is -1.55. The number of fused-ring (bicyclic) bond motifs is 1. The predicted molar refractivity (Wildman–Crippen MR) is 169 cm³/mol. The van der Waals surface area contributed by atoms with Crippen LogP contribution in [0.1, 0.15) is 30.4 Å². The summed E-state index contributed by atoms with van der Waals surface area (Å²) in [5.41, 5.74) is 23.6. The number of primary amides is 1. The van der Waals surface area contributed by atoms with E-state index in [2.05, 4.69) is 25.9 Å². The van der Waals surface area contributed by atoms with E-state index in [1.165, 1.54) is 12.1 Å². The van der Waals surface area contributed by atoms with Crippen molar-refractivity contribution in [1.29, 1.82) is 0 Å². The number of aromatic hydroxyl groups is 1. The number of amides is 4. The molecule has 0 radical (unpaired) electrons. The van der Waals surface area contributed by atoms with Gasteiger partial charge in [0, 0.05) is 36.5 Å². The van der Waals surface area contributed by atoms with Gasteiger partial charge in [-0.15, -0.1) is 0 Å². The average molecular weight is 638 g/mol. The molecule has 0 fully saturated rings. The van der Waals surface area contributed by atoms with Crippen molar-refractivity contribution in [2.45, 2.75) is 56.3 Å². The van der Waals surface area contributed by atoms with Crippen LogP contribution in [0.5, 0.6) is 5.75 Å². The van der Waals surface area contributed by atoms with Crippen LogP contribution in [0.25, 0.3) is 10.9 Å². The molecule has 3 aromatic rings. The third-order valence-corrected chi connectivity index (χ3v) is 7.06. The Kier molecular flexibility index (Phi) is 12.5. The van der Waals surface area contributed by atoms with Gasteiger partial charge in [0.1, 0.15) is 23.9 Å². The number of carbonyl (C=O) groups excluding carboxylic acids is 4. The van der Waals surface area contributed by atoms with E-state index in [4.69, 9.17) is 22.9 Å². The van der Waals surface area contributed by atoms with Crippen molar-refractivity contribution < 1.29 is 34.2 Å². The first-order chi connectivity index (χ1) is 21.8. The number of nitrogens with one attached hydrogen (secondary N) is 4. The number of aromatic amines is 1. The number of hydrogen-bond acceptors (Lipinski definition) is 8. The lowest BCUT2D eigenvalue weighted by Crippen LogP contribution is -2.58. The third-order valence-electron chi connectivity index (χ3n) is 7.06. The quantitative estimate of drug-likeness (QED) is 0.0462. The highest BCUT2D eigenvalue weighted by atomic mass is 16.4. The highest BCUT2D eigenvalue weighted by Gasteiger charge is 2.31. The van der Waals surface area contributed by atoms with Gasteiger partial charge in [0.15, 0.2) is 5.96 Å². The molecule has 0 bridgehead atoms. The monoisotopic (exact) mass is 637 g/mol. The van der Waals surface area contributed by atoms with Gasteiger partial charge in [-0.1, -0.05) is 30.3 Å². The number of nitrogens with zero attached hydrogens (tertiary/aromatic N) is 1. The minimum atomic E-state index is -1.34. The van der Waals surface area contributed by atoms with E-state index in [9.17, 15) is 34.2 Å². The molecule has 16 nitrogen and oxygen atoms in total. The second-order valence-corrected chi connectivity index (χ2v) is 10.7. The molecule has 46 heavy (non-hydrogen) atoms. The maximum Gasteiger partial charge on any atom is 0.326 e. The fraction of sp³-hybridized carbons (Fsp3) is 0.333. The summed E-state index contributed by atoms with van der Waals surface area (Å²) in [7, 11) is 0. The van der Waals surface area contributed by atoms with Crippen LogP contribution in [-0.2, 0) is 36.8 Å². The molecule has 0 aliphatic heterocycles. The average Bonchev–Trinajstić information content (AvgIpc) is 3.40. The Morgan fingerprint density at radius 3 is 2.07 bits per heavy atom. The smallest absolute Gasteiger partial charge is 0.326 e. The molecule has 0 saturated carbocycles. The second-order valence-electron chi connectivity index (χ2n) is 10.7. The fourth-order valence-corrected chi connectivity index (χ4v) is 4.70. The molecular formula is C30H39N9O7. The van der Waals surface area contributed by atoms with Crippen LogP contribution >= 0.6 is 0 Å². The number of H-pyrrole nitrogens is 1. The Morgan fingerprint density at radius 2 is 1.43 bits per heavy atom. The van der Waals surface area contributed by atoms with Crippen molar-refractivity contribution in [2.24, 2.45) is 27.9 Å². The molecule has 0 spiro atoms. The van der Waals surface area contributed by atoms with Gasteiger partial charge < -0.3 is 54.1 Å². The van der Waals surface area contributed by atoms with Gasteiger partial charge in [-0.2, -0.15) is 0 Å². The number of guanidine groups is 1. The van der Waals surface area contributed by atoms with E-state index < -0.39 is 60.2 Å². The van der Waals surface area contributed by atoms with Crippen molar-refractivity contribution in [3.8, 4) is 5.75 Å². The third kappa shape index (κ3) is 10.5. The number of aromatic nitrogens is 1. The van der Waals surface area contributed by atoms with E-state index >= 15 is 0 Å². The SMILES string of the molecule is NC(=O)CC(N)C(=O)NC(Cc1ccc(O)cc1)C(=O)NC(Cc1c[nH]c2ccccc12)C(=O)NC(CCCN=C(N)N)C(=O)O. The molecule has 0 aliphatic carbocycles. The molecule has 4 amide bonds. The molecule has 3 rings (SSSR count). The topological polar surface area (TPSA) is 294 Å². The molecule has 1 heterocycles. The summed E-state index contributed by atoms with van der Waals surface area (Å²) in [6.45, 7) is 0.147. The van der Waals surface area contributed by atoms with E-state index in [1.807, 2.05) is 24.3 Å². The first-order valence-electron chi connectivity index (χ1n) is 14.4. The molecule has 0 aliphatic rings. The summed E-state index contributed by atoms with van der Waals surface area (Å²) < 4.78 is 0. The summed E-state index contributed by atoms with van der Waals surface area (Å²) in [5.74, 6) is -4.68. The summed E-state index contributed by atoms with van der Waals surface area (Å²) >= 11 is 0. The Balaban J connectivity index is 1.89. The van der Waals surface area contributed by atoms with Gasteiger partial charge in [0.2, 0.25) is 23.6 Å². The van der Waals surface area contributed by atoms with Gasteiger partial charge in [-0.25, -0.2) is 4.79 Å². The largest absolute Gasteiger partial charge is 0.508 e. The molecule has 4 atom stereocenters. The van der Waals surface area contributed by atoms with Gasteiger partial charge in [-0.3, -0.25) is 24.2 Å². The van der Waals surface area contributed by atoms with Crippen molar-refractivity contribution >= 4 is 46.5 Å². The molecule has 1 aromatic heterocycles. The maximum absolute atomic E-state index is 13.7. The zero-order valence-electron chi connectivity index (χ0n) is 24.9. The summed E-state index contributed by atoms with van der Waals surface area (Å²) in [5, 5.41) is 27.9. The van der Waals surface area contributed by atoms with Gasteiger partial charge in [0.25, 0.3) is 0 Å². The number of nitrogens with two attached hydrogens (primary N) is 4. The number of rotatable bonds is 17. The molecule has 2 aromatic carbocycles. The second kappa shape index (κ2) is 16.4.